The number of sulfonamides is 1. The maximum Gasteiger partial charge on any atom is 0.243 e. The van der Waals surface area contributed by atoms with E-state index in [1.807, 2.05) is 0 Å². The van der Waals surface area contributed by atoms with Crippen LogP contribution in [0.3, 0.4) is 0 Å². The van der Waals surface area contributed by atoms with E-state index < -0.39 is 10.0 Å². The molecule has 1 aromatic rings. The minimum Gasteiger partial charge on any atom is -0.309 e. The quantitative estimate of drug-likeness (QED) is 0.827. The molecule has 1 heterocycles. The first kappa shape index (κ1) is 15.9. The molecule has 112 valence electrons. The van der Waals surface area contributed by atoms with Gasteiger partial charge >= 0.3 is 0 Å². The molecular formula is C14H21BrN2O2S. The molecule has 0 bridgehead atoms. The van der Waals surface area contributed by atoms with E-state index in [0.29, 0.717) is 23.9 Å². The monoisotopic (exact) mass is 360 g/mol. The molecule has 20 heavy (non-hydrogen) atoms. The summed E-state index contributed by atoms with van der Waals surface area (Å²) < 4.78 is 27.6. The predicted molar refractivity (Wildman–Crippen MR) is 84.2 cm³/mol. The van der Waals surface area contributed by atoms with Gasteiger partial charge in [0.2, 0.25) is 10.0 Å². The molecule has 0 aromatic heterocycles. The van der Waals surface area contributed by atoms with Gasteiger partial charge in [0.1, 0.15) is 0 Å². The van der Waals surface area contributed by atoms with E-state index >= 15 is 0 Å². The fourth-order valence-electron chi connectivity index (χ4n) is 2.60. The summed E-state index contributed by atoms with van der Waals surface area (Å²) in [5, 5.41) is 0. The van der Waals surface area contributed by atoms with Gasteiger partial charge in [-0.25, -0.2) is 8.42 Å². The summed E-state index contributed by atoms with van der Waals surface area (Å²) in [7, 11) is 0.789. The lowest BCUT2D eigenvalue weighted by Gasteiger charge is -2.32. The Morgan fingerprint density at radius 3 is 2.25 bits per heavy atom. The van der Waals surface area contributed by atoms with Gasteiger partial charge in [-0.15, -0.1) is 0 Å². The fraction of sp³-hybridized carbons (Fsp3) is 0.571. The molecule has 0 radical (unpaired) electrons. The van der Waals surface area contributed by atoms with Crippen LogP contribution < -0.4 is 0 Å². The van der Waals surface area contributed by atoms with Crippen molar-refractivity contribution in [3.63, 3.8) is 0 Å². The van der Waals surface area contributed by atoms with Gasteiger partial charge in [0.05, 0.1) is 4.90 Å². The Kier molecular flexibility index (Phi) is 5.23. The van der Waals surface area contributed by atoms with Crippen molar-refractivity contribution in [1.82, 2.24) is 9.21 Å². The minimum absolute atomic E-state index is 0.381. The number of benzene rings is 1. The van der Waals surface area contributed by atoms with Crippen LogP contribution in [0.1, 0.15) is 12.8 Å². The standard InChI is InChI=1S/C14H21BrN2O2S/c1-16(2)11-12-7-9-17(10-8-12)20(18,19)14-5-3-13(15)4-6-14/h3-6,12H,7-11H2,1-2H3. The van der Waals surface area contributed by atoms with Crippen molar-refractivity contribution in [3.8, 4) is 0 Å². The first-order valence-electron chi connectivity index (χ1n) is 6.80. The average molecular weight is 361 g/mol. The molecule has 1 aliphatic rings. The highest BCUT2D eigenvalue weighted by Crippen LogP contribution is 2.24. The Hall–Kier alpha value is -0.430. The molecule has 0 amide bonds. The van der Waals surface area contributed by atoms with Crippen molar-refractivity contribution in [3.05, 3.63) is 28.7 Å². The van der Waals surface area contributed by atoms with Crippen LogP contribution in [0.4, 0.5) is 0 Å². The lowest BCUT2D eigenvalue weighted by atomic mass is 9.98. The Morgan fingerprint density at radius 1 is 1.20 bits per heavy atom. The third-order valence-corrected chi connectivity index (χ3v) is 6.09. The topological polar surface area (TPSA) is 40.6 Å². The summed E-state index contributed by atoms with van der Waals surface area (Å²) in [5.41, 5.74) is 0. The number of rotatable bonds is 4. The molecule has 0 saturated carbocycles. The molecule has 4 nitrogen and oxygen atoms in total. The van der Waals surface area contributed by atoms with Crippen molar-refractivity contribution >= 4 is 26.0 Å². The zero-order valence-corrected chi connectivity index (χ0v) is 14.3. The summed E-state index contributed by atoms with van der Waals surface area (Å²) in [6, 6.07) is 6.86. The van der Waals surface area contributed by atoms with Gasteiger partial charge in [-0.3, -0.25) is 0 Å². The highest BCUT2D eigenvalue weighted by atomic mass is 79.9. The van der Waals surface area contributed by atoms with E-state index in [4.69, 9.17) is 0 Å². The number of piperidine rings is 1. The summed E-state index contributed by atoms with van der Waals surface area (Å²) in [6.07, 6.45) is 1.88. The zero-order valence-electron chi connectivity index (χ0n) is 11.9. The Bertz CT molecular complexity index is 535. The van der Waals surface area contributed by atoms with Crippen molar-refractivity contribution < 1.29 is 8.42 Å². The molecule has 1 saturated heterocycles. The second kappa shape index (κ2) is 6.56. The third kappa shape index (κ3) is 3.81. The first-order chi connectivity index (χ1) is 9.39. The van der Waals surface area contributed by atoms with Crippen LogP contribution in [0.15, 0.2) is 33.6 Å². The molecule has 1 aromatic carbocycles. The van der Waals surface area contributed by atoms with Gasteiger partial charge in [-0.2, -0.15) is 4.31 Å². The van der Waals surface area contributed by atoms with Crippen LogP contribution in [-0.2, 0) is 10.0 Å². The van der Waals surface area contributed by atoms with Crippen LogP contribution in [0, 0.1) is 5.92 Å². The normalized spacial score (nSPS) is 18.6. The van der Waals surface area contributed by atoms with Crippen molar-refractivity contribution in [1.29, 1.82) is 0 Å². The van der Waals surface area contributed by atoms with Crippen LogP contribution in [0.2, 0.25) is 0 Å². The Morgan fingerprint density at radius 2 is 1.75 bits per heavy atom. The number of hydrogen-bond acceptors (Lipinski definition) is 3. The molecule has 2 rings (SSSR count). The van der Waals surface area contributed by atoms with E-state index in [2.05, 4.69) is 34.9 Å². The molecule has 1 aliphatic heterocycles. The van der Waals surface area contributed by atoms with Gasteiger partial charge in [-0.1, -0.05) is 15.9 Å². The fourth-order valence-corrected chi connectivity index (χ4v) is 4.34. The summed E-state index contributed by atoms with van der Waals surface area (Å²) in [6.45, 7) is 2.28. The van der Waals surface area contributed by atoms with Gasteiger partial charge in [0, 0.05) is 24.1 Å². The molecule has 6 heteroatoms. The summed E-state index contributed by atoms with van der Waals surface area (Å²) >= 11 is 3.33. The Balaban J connectivity index is 2.04. The maximum absolute atomic E-state index is 12.5. The van der Waals surface area contributed by atoms with E-state index in [0.717, 1.165) is 23.9 Å². The molecule has 0 spiro atoms. The first-order valence-corrected chi connectivity index (χ1v) is 9.03. The van der Waals surface area contributed by atoms with Gasteiger partial charge in [-0.05, 0) is 57.1 Å². The van der Waals surface area contributed by atoms with Gasteiger partial charge in [0.25, 0.3) is 0 Å². The predicted octanol–water partition coefficient (Wildman–Crippen LogP) is 2.41. The lowest BCUT2D eigenvalue weighted by molar-refractivity contribution is 0.225. The Labute approximate surface area is 129 Å². The van der Waals surface area contributed by atoms with Crippen molar-refractivity contribution in [2.75, 3.05) is 33.7 Å². The van der Waals surface area contributed by atoms with Gasteiger partial charge in [0.15, 0.2) is 0 Å². The van der Waals surface area contributed by atoms with E-state index in [-0.39, 0.29) is 0 Å². The molecule has 0 unspecified atom stereocenters. The molecular weight excluding hydrogens is 340 g/mol. The smallest absolute Gasteiger partial charge is 0.243 e. The maximum atomic E-state index is 12.5. The molecule has 0 atom stereocenters. The number of hydrogen-bond donors (Lipinski definition) is 0. The molecule has 0 aliphatic carbocycles. The summed E-state index contributed by atoms with van der Waals surface area (Å²) in [4.78, 5) is 2.55. The van der Waals surface area contributed by atoms with E-state index in [1.54, 1.807) is 28.6 Å². The van der Waals surface area contributed by atoms with Crippen LogP contribution in [-0.4, -0.2) is 51.4 Å². The second-order valence-corrected chi connectivity index (χ2v) is 8.42. The SMILES string of the molecule is CN(C)CC1CCN(S(=O)(=O)c2ccc(Br)cc2)CC1. The number of halogens is 1. The summed E-state index contributed by atoms with van der Waals surface area (Å²) in [5.74, 6) is 0.598. The molecule has 1 fully saturated rings. The number of nitrogens with zero attached hydrogens (tertiary/aromatic N) is 2. The lowest BCUT2D eigenvalue weighted by Crippen LogP contribution is -2.40. The zero-order chi connectivity index (χ0) is 14.8. The van der Waals surface area contributed by atoms with Gasteiger partial charge < -0.3 is 4.90 Å². The van der Waals surface area contributed by atoms with Crippen molar-refractivity contribution in [2.24, 2.45) is 5.92 Å². The highest BCUT2D eigenvalue weighted by Gasteiger charge is 2.29. The van der Waals surface area contributed by atoms with E-state index in [1.165, 1.54) is 0 Å². The minimum atomic E-state index is -3.33. The molecule has 0 N–H and O–H groups in total. The largest absolute Gasteiger partial charge is 0.309 e. The van der Waals surface area contributed by atoms with Crippen LogP contribution >= 0.6 is 15.9 Å². The van der Waals surface area contributed by atoms with Crippen LogP contribution in [0.25, 0.3) is 0 Å². The highest BCUT2D eigenvalue weighted by molar-refractivity contribution is 9.10. The van der Waals surface area contributed by atoms with Crippen molar-refractivity contribution in [2.45, 2.75) is 17.7 Å². The average Bonchev–Trinajstić information content (AvgIpc) is 2.39. The third-order valence-electron chi connectivity index (χ3n) is 3.65. The van der Waals surface area contributed by atoms with E-state index in [9.17, 15) is 8.42 Å². The second-order valence-electron chi connectivity index (χ2n) is 5.56. The van der Waals surface area contributed by atoms with Crippen LogP contribution in [0.5, 0.6) is 0 Å².